The minimum Gasteiger partial charge on any atom is -0.480 e. The Balaban J connectivity index is 2.92. The van der Waals surface area contributed by atoms with Crippen molar-refractivity contribution in [2.45, 2.75) is 43.6 Å². The summed E-state index contributed by atoms with van der Waals surface area (Å²) in [5.74, 6) is -4.04. The second kappa shape index (κ2) is 12.1. The van der Waals surface area contributed by atoms with Crippen LogP contribution in [0.3, 0.4) is 0 Å². The molecule has 1 aromatic heterocycles. The van der Waals surface area contributed by atoms with Gasteiger partial charge in [0.25, 0.3) is 0 Å². The van der Waals surface area contributed by atoms with Gasteiger partial charge >= 0.3 is 5.97 Å². The van der Waals surface area contributed by atoms with E-state index in [1.807, 2.05) is 0 Å². The summed E-state index contributed by atoms with van der Waals surface area (Å²) in [6.07, 6.45) is 1.54. The van der Waals surface area contributed by atoms with Gasteiger partial charge in [-0.3, -0.25) is 14.4 Å². The summed E-state index contributed by atoms with van der Waals surface area (Å²) < 4.78 is 0. The van der Waals surface area contributed by atoms with Gasteiger partial charge in [0.05, 0.1) is 19.0 Å². The molecule has 0 saturated carbocycles. The van der Waals surface area contributed by atoms with Crippen molar-refractivity contribution in [3.05, 3.63) is 18.2 Å². The molecule has 5 unspecified atom stereocenters. The number of carboxylic acid groups (broad SMARTS) is 1. The average Bonchev–Trinajstić information content (AvgIpc) is 3.21. The normalized spacial score (nSPS) is 15.9. The highest BCUT2D eigenvalue weighted by molar-refractivity contribution is 7.80. The second-order valence-corrected chi connectivity index (χ2v) is 6.80. The highest BCUT2D eigenvalue weighted by Gasteiger charge is 2.30. The first-order chi connectivity index (χ1) is 14.1. The molecule has 1 heterocycles. The predicted molar refractivity (Wildman–Crippen MR) is 106 cm³/mol. The topological polar surface area (TPSA) is 220 Å². The summed E-state index contributed by atoms with van der Waals surface area (Å²) in [5.41, 5.74) is 5.99. The molecule has 0 aromatic carbocycles. The molecule has 0 aliphatic heterocycles. The molecule has 0 fully saturated rings. The van der Waals surface area contributed by atoms with Crippen molar-refractivity contribution in [2.75, 3.05) is 12.4 Å². The lowest BCUT2D eigenvalue weighted by Gasteiger charge is -2.24. The minimum atomic E-state index is -1.57. The summed E-state index contributed by atoms with van der Waals surface area (Å²) in [6, 6.07) is -5.28. The Labute approximate surface area is 177 Å². The van der Waals surface area contributed by atoms with E-state index in [2.05, 4.69) is 38.5 Å². The highest BCUT2D eigenvalue weighted by atomic mass is 32.1. The molecule has 14 heteroatoms. The van der Waals surface area contributed by atoms with E-state index in [0.29, 0.717) is 5.69 Å². The van der Waals surface area contributed by atoms with Crippen LogP contribution in [-0.2, 0) is 25.6 Å². The third kappa shape index (κ3) is 7.62. The number of carboxylic acids is 1. The molecule has 0 aliphatic rings. The summed E-state index contributed by atoms with van der Waals surface area (Å²) in [7, 11) is 0. The maximum Gasteiger partial charge on any atom is 0.328 e. The van der Waals surface area contributed by atoms with E-state index in [1.54, 1.807) is 0 Å². The summed E-state index contributed by atoms with van der Waals surface area (Å²) in [4.78, 5) is 54.7. The van der Waals surface area contributed by atoms with Crippen molar-refractivity contribution >= 4 is 36.3 Å². The Bertz CT molecular complexity index is 730. The van der Waals surface area contributed by atoms with Gasteiger partial charge in [0.15, 0.2) is 0 Å². The number of imidazole rings is 1. The number of aromatic nitrogens is 2. The molecule has 0 saturated heterocycles. The number of aliphatic carboxylic acids is 1. The molecule has 30 heavy (non-hydrogen) atoms. The number of nitrogens with two attached hydrogens (primary N) is 1. The van der Waals surface area contributed by atoms with E-state index >= 15 is 0 Å². The maximum atomic E-state index is 12.6. The monoisotopic (exact) mass is 446 g/mol. The SMILES string of the molecule is CC(O)C(N)C(=O)NC(CS)C(=O)NC(Cc1cnc[nH]1)C(=O)NC(CO)C(=O)O. The van der Waals surface area contributed by atoms with Crippen molar-refractivity contribution in [1.29, 1.82) is 0 Å². The zero-order valence-corrected chi connectivity index (χ0v) is 17.0. The fourth-order valence-electron chi connectivity index (χ4n) is 2.24. The second-order valence-electron chi connectivity index (χ2n) is 6.43. The lowest BCUT2D eigenvalue weighted by molar-refractivity contribution is -0.143. The number of aliphatic hydroxyl groups excluding tert-OH is 2. The molecule has 5 atom stereocenters. The van der Waals surface area contributed by atoms with E-state index in [9.17, 15) is 24.3 Å². The largest absolute Gasteiger partial charge is 0.480 e. The summed E-state index contributed by atoms with van der Waals surface area (Å²) in [5, 5.41) is 34.3. The fraction of sp³-hybridized carbons (Fsp3) is 0.562. The minimum absolute atomic E-state index is 0.0736. The molecule has 13 nitrogen and oxygen atoms in total. The van der Waals surface area contributed by atoms with Crippen LogP contribution in [0.15, 0.2) is 12.5 Å². The Kier molecular flexibility index (Phi) is 10.2. The van der Waals surface area contributed by atoms with Gasteiger partial charge in [-0.25, -0.2) is 9.78 Å². The number of H-pyrrole nitrogens is 1. The Morgan fingerprint density at radius 2 is 1.70 bits per heavy atom. The zero-order chi connectivity index (χ0) is 22.8. The zero-order valence-electron chi connectivity index (χ0n) is 16.1. The molecule has 0 bridgehead atoms. The van der Waals surface area contributed by atoms with Gasteiger partial charge in [-0.1, -0.05) is 0 Å². The first-order valence-corrected chi connectivity index (χ1v) is 9.50. The van der Waals surface area contributed by atoms with Gasteiger partial charge in [-0.05, 0) is 6.92 Å². The molecule has 0 spiro atoms. The van der Waals surface area contributed by atoms with E-state index < -0.39 is 60.6 Å². The Morgan fingerprint density at radius 3 is 2.17 bits per heavy atom. The van der Waals surface area contributed by atoms with E-state index in [-0.39, 0.29) is 12.2 Å². The van der Waals surface area contributed by atoms with Crippen LogP contribution in [0, 0.1) is 0 Å². The lowest BCUT2D eigenvalue weighted by Crippen LogP contribution is -2.59. The molecule has 0 aliphatic carbocycles. The van der Waals surface area contributed by atoms with Gasteiger partial charge in [0, 0.05) is 24.1 Å². The smallest absolute Gasteiger partial charge is 0.328 e. The first-order valence-electron chi connectivity index (χ1n) is 8.87. The summed E-state index contributed by atoms with van der Waals surface area (Å²) in [6.45, 7) is 0.461. The number of nitrogens with one attached hydrogen (secondary N) is 4. The number of hydrogen-bond donors (Lipinski definition) is 9. The standard InChI is InChI=1S/C16H26N6O7S/c1-7(24)12(17)15(27)22-11(5-30)14(26)20-9(2-8-3-18-6-19-8)13(25)21-10(4-23)16(28)29/h3,6-7,9-12,23-24,30H,2,4-5,17H2,1H3,(H,18,19)(H,20,26)(H,21,25)(H,22,27)(H,28,29). The predicted octanol–water partition coefficient (Wildman–Crippen LogP) is -3.88. The molecule has 1 rings (SSSR count). The lowest BCUT2D eigenvalue weighted by atomic mass is 10.1. The number of carbonyl (C=O) groups excluding carboxylic acids is 3. The van der Waals surface area contributed by atoms with Gasteiger partial charge in [-0.15, -0.1) is 0 Å². The molecule has 9 N–H and O–H groups in total. The van der Waals surface area contributed by atoms with Crippen molar-refractivity contribution in [3.8, 4) is 0 Å². The highest BCUT2D eigenvalue weighted by Crippen LogP contribution is 2.02. The Hall–Kier alpha value is -2.68. The fourth-order valence-corrected chi connectivity index (χ4v) is 2.49. The van der Waals surface area contributed by atoms with Gasteiger partial charge < -0.3 is 42.0 Å². The molecular formula is C16H26N6O7S. The molecule has 0 radical (unpaired) electrons. The maximum absolute atomic E-state index is 12.6. The van der Waals surface area contributed by atoms with Gasteiger partial charge in [-0.2, -0.15) is 12.6 Å². The quantitative estimate of drug-likeness (QED) is 0.143. The number of rotatable bonds is 12. The van der Waals surface area contributed by atoms with Crippen LogP contribution in [0.25, 0.3) is 0 Å². The third-order valence-electron chi connectivity index (χ3n) is 4.05. The van der Waals surface area contributed by atoms with E-state index in [4.69, 9.17) is 15.9 Å². The molecule has 168 valence electrons. The number of nitrogens with zero attached hydrogens (tertiary/aromatic N) is 1. The third-order valence-corrected chi connectivity index (χ3v) is 4.41. The van der Waals surface area contributed by atoms with Crippen LogP contribution in [0.4, 0.5) is 0 Å². The van der Waals surface area contributed by atoms with Crippen molar-refractivity contribution in [2.24, 2.45) is 5.73 Å². The number of hydrogen-bond acceptors (Lipinski definition) is 9. The molecular weight excluding hydrogens is 420 g/mol. The van der Waals surface area contributed by atoms with Crippen molar-refractivity contribution in [1.82, 2.24) is 25.9 Å². The summed E-state index contributed by atoms with van der Waals surface area (Å²) >= 11 is 4.00. The van der Waals surface area contributed by atoms with Crippen molar-refractivity contribution < 1.29 is 34.5 Å². The van der Waals surface area contributed by atoms with Crippen LogP contribution in [0.1, 0.15) is 12.6 Å². The number of aromatic amines is 1. The van der Waals surface area contributed by atoms with Gasteiger partial charge in [0.1, 0.15) is 24.2 Å². The van der Waals surface area contributed by atoms with Gasteiger partial charge in [0.2, 0.25) is 17.7 Å². The number of amides is 3. The number of aliphatic hydroxyl groups is 2. The first kappa shape index (κ1) is 25.4. The molecule has 3 amide bonds. The van der Waals surface area contributed by atoms with Crippen molar-refractivity contribution in [3.63, 3.8) is 0 Å². The van der Waals surface area contributed by atoms with E-state index in [0.717, 1.165) is 0 Å². The Morgan fingerprint density at radius 1 is 1.13 bits per heavy atom. The average molecular weight is 446 g/mol. The number of carbonyl (C=O) groups is 4. The van der Waals surface area contributed by atoms with Crippen LogP contribution in [-0.4, -0.2) is 91.6 Å². The van der Waals surface area contributed by atoms with E-state index in [1.165, 1.54) is 19.4 Å². The van der Waals surface area contributed by atoms with Crippen LogP contribution >= 0.6 is 12.6 Å². The van der Waals surface area contributed by atoms with Crippen LogP contribution in [0.5, 0.6) is 0 Å². The van der Waals surface area contributed by atoms with Crippen LogP contribution < -0.4 is 21.7 Å². The van der Waals surface area contributed by atoms with Crippen LogP contribution in [0.2, 0.25) is 0 Å². The number of thiol groups is 1. The molecule has 1 aromatic rings.